The first-order valence-corrected chi connectivity index (χ1v) is 6.22. The number of fused-ring (bicyclic) bond motifs is 1. The Morgan fingerprint density at radius 2 is 2.18 bits per heavy atom. The van der Waals surface area contributed by atoms with Crippen LogP contribution in [0.15, 0.2) is 16.6 Å². The predicted molar refractivity (Wildman–Crippen MR) is 71.0 cm³/mol. The summed E-state index contributed by atoms with van der Waals surface area (Å²) in [5.41, 5.74) is 1.90. The van der Waals surface area contributed by atoms with Crippen molar-refractivity contribution in [3.8, 4) is 0 Å². The Kier molecular flexibility index (Phi) is 3.14. The molecule has 0 fully saturated rings. The van der Waals surface area contributed by atoms with Crippen molar-refractivity contribution < 1.29 is 9.90 Å². The highest BCUT2D eigenvalue weighted by Gasteiger charge is 2.28. The molecule has 0 bridgehead atoms. The summed E-state index contributed by atoms with van der Waals surface area (Å²) >= 11 is 3.37. The topological polar surface area (TPSA) is 61.4 Å². The number of anilines is 2. The van der Waals surface area contributed by atoms with Gasteiger partial charge in [-0.1, -0.05) is 15.9 Å². The van der Waals surface area contributed by atoms with Gasteiger partial charge in [0.25, 0.3) is 0 Å². The minimum absolute atomic E-state index is 0.0472. The highest BCUT2D eigenvalue weighted by molar-refractivity contribution is 9.10. The van der Waals surface area contributed by atoms with E-state index in [4.69, 9.17) is 0 Å². The Morgan fingerprint density at radius 1 is 1.47 bits per heavy atom. The molecule has 5 heteroatoms. The molecule has 1 aromatic carbocycles. The Bertz CT molecular complexity index is 472. The van der Waals surface area contributed by atoms with E-state index in [2.05, 4.69) is 26.6 Å². The van der Waals surface area contributed by atoms with Crippen molar-refractivity contribution in [2.75, 3.05) is 10.6 Å². The Balaban J connectivity index is 2.56. The number of halogens is 1. The summed E-state index contributed by atoms with van der Waals surface area (Å²) < 4.78 is 0.792. The summed E-state index contributed by atoms with van der Waals surface area (Å²) in [5, 5.41) is 15.5. The maximum Gasteiger partial charge on any atom is 0.226 e. The van der Waals surface area contributed by atoms with E-state index in [0.29, 0.717) is 17.7 Å². The third-order valence-electron chi connectivity index (χ3n) is 2.75. The number of benzene rings is 1. The lowest BCUT2D eigenvalue weighted by Gasteiger charge is -2.24. The van der Waals surface area contributed by atoms with Gasteiger partial charge in [0.1, 0.15) is 0 Å². The monoisotopic (exact) mass is 298 g/mol. The molecule has 0 radical (unpaired) electrons. The third kappa shape index (κ3) is 2.45. The van der Waals surface area contributed by atoms with Crippen LogP contribution in [0.4, 0.5) is 11.4 Å². The molecule has 4 nitrogen and oxygen atoms in total. The van der Waals surface area contributed by atoms with Crippen LogP contribution in [0.5, 0.6) is 0 Å². The Hall–Kier alpha value is -1.07. The van der Waals surface area contributed by atoms with Gasteiger partial charge in [0.2, 0.25) is 5.91 Å². The van der Waals surface area contributed by atoms with Crippen LogP contribution in [0.1, 0.15) is 25.8 Å². The zero-order valence-electron chi connectivity index (χ0n) is 9.80. The van der Waals surface area contributed by atoms with E-state index in [-0.39, 0.29) is 18.1 Å². The van der Waals surface area contributed by atoms with Crippen molar-refractivity contribution in [2.45, 2.75) is 32.4 Å². The van der Waals surface area contributed by atoms with E-state index in [1.165, 1.54) is 0 Å². The minimum atomic E-state index is -0.296. The van der Waals surface area contributed by atoms with E-state index < -0.39 is 0 Å². The molecule has 0 spiro atoms. The van der Waals surface area contributed by atoms with Crippen molar-refractivity contribution >= 4 is 33.2 Å². The second-order valence-corrected chi connectivity index (χ2v) is 5.69. The van der Waals surface area contributed by atoms with Crippen LogP contribution in [-0.4, -0.2) is 16.6 Å². The summed E-state index contributed by atoms with van der Waals surface area (Å²) in [4.78, 5) is 11.8. The number of rotatable bonds is 1. The molecule has 0 aliphatic carbocycles. The molecule has 1 heterocycles. The summed E-state index contributed by atoms with van der Waals surface area (Å²) in [6.07, 6.45) is 0.393. The normalized spacial score (nSPS) is 17.8. The van der Waals surface area contributed by atoms with Crippen molar-refractivity contribution in [1.29, 1.82) is 0 Å². The smallest absolute Gasteiger partial charge is 0.226 e. The molecular weight excluding hydrogens is 284 g/mol. The number of amides is 1. The molecule has 1 aliphatic rings. The fourth-order valence-corrected chi connectivity index (χ4v) is 2.47. The van der Waals surface area contributed by atoms with Crippen molar-refractivity contribution in [3.05, 3.63) is 22.2 Å². The highest BCUT2D eigenvalue weighted by Crippen LogP contribution is 2.36. The van der Waals surface area contributed by atoms with Gasteiger partial charge in [-0.25, -0.2) is 0 Å². The molecule has 92 valence electrons. The van der Waals surface area contributed by atoms with Crippen LogP contribution in [0.25, 0.3) is 0 Å². The molecule has 17 heavy (non-hydrogen) atoms. The predicted octanol–water partition coefficient (Wildman–Crippen LogP) is 2.47. The molecule has 2 rings (SSSR count). The zero-order chi connectivity index (χ0) is 12.6. The molecule has 0 atom stereocenters. The highest BCUT2D eigenvalue weighted by atomic mass is 79.9. The van der Waals surface area contributed by atoms with E-state index in [1.807, 2.05) is 26.0 Å². The molecule has 0 unspecified atom stereocenters. The number of carbonyl (C=O) groups is 1. The number of carbonyl (C=O) groups excluding carboxylic acids is 1. The van der Waals surface area contributed by atoms with Gasteiger partial charge in [-0.3, -0.25) is 4.79 Å². The van der Waals surface area contributed by atoms with E-state index >= 15 is 0 Å². The largest absolute Gasteiger partial charge is 0.392 e. The number of hydrogen-bond acceptors (Lipinski definition) is 3. The van der Waals surface area contributed by atoms with Crippen molar-refractivity contribution in [2.24, 2.45) is 0 Å². The summed E-state index contributed by atoms with van der Waals surface area (Å²) in [6.45, 7) is 3.83. The van der Waals surface area contributed by atoms with Gasteiger partial charge in [0.05, 0.1) is 18.0 Å². The molecule has 1 amide bonds. The van der Waals surface area contributed by atoms with E-state index in [9.17, 15) is 9.90 Å². The molecule has 1 aliphatic heterocycles. The molecule has 3 N–H and O–H groups in total. The zero-order valence-corrected chi connectivity index (χ0v) is 11.4. The van der Waals surface area contributed by atoms with Gasteiger partial charge in [-0.05, 0) is 26.0 Å². The van der Waals surface area contributed by atoms with Gasteiger partial charge in [0.15, 0.2) is 0 Å². The van der Waals surface area contributed by atoms with Crippen LogP contribution < -0.4 is 10.6 Å². The average molecular weight is 299 g/mol. The number of nitrogens with one attached hydrogen (secondary N) is 2. The quantitative estimate of drug-likeness (QED) is 0.746. The fourth-order valence-electron chi connectivity index (χ4n) is 2.02. The van der Waals surface area contributed by atoms with Gasteiger partial charge in [-0.15, -0.1) is 0 Å². The molecule has 0 saturated heterocycles. The first-order chi connectivity index (χ1) is 7.93. The van der Waals surface area contributed by atoms with Crippen LogP contribution in [0.3, 0.4) is 0 Å². The summed E-state index contributed by atoms with van der Waals surface area (Å²) in [6, 6.07) is 3.76. The summed E-state index contributed by atoms with van der Waals surface area (Å²) in [5.74, 6) is -0.0472. The number of hydrogen-bond donors (Lipinski definition) is 3. The first kappa shape index (κ1) is 12.4. The van der Waals surface area contributed by atoms with Crippen molar-refractivity contribution in [1.82, 2.24) is 0 Å². The molecule has 1 aromatic rings. The van der Waals surface area contributed by atoms with E-state index in [0.717, 1.165) is 10.2 Å². The van der Waals surface area contributed by atoms with Crippen molar-refractivity contribution in [3.63, 3.8) is 0 Å². The third-order valence-corrected chi connectivity index (χ3v) is 3.50. The molecule has 0 saturated carbocycles. The van der Waals surface area contributed by atoms with Gasteiger partial charge in [0, 0.05) is 22.0 Å². The lowest BCUT2D eigenvalue weighted by molar-refractivity contribution is -0.116. The first-order valence-electron chi connectivity index (χ1n) is 5.43. The average Bonchev–Trinajstić information content (AvgIpc) is 2.32. The minimum Gasteiger partial charge on any atom is -0.392 e. The van der Waals surface area contributed by atoms with Crippen LogP contribution in [-0.2, 0) is 11.4 Å². The lowest BCUT2D eigenvalue weighted by atomic mass is 10.0. The Morgan fingerprint density at radius 3 is 2.82 bits per heavy atom. The maximum atomic E-state index is 11.8. The second kappa shape index (κ2) is 4.31. The van der Waals surface area contributed by atoms with Crippen LogP contribution in [0, 0.1) is 0 Å². The molecule has 0 aromatic heterocycles. The maximum absolute atomic E-state index is 11.8. The van der Waals surface area contributed by atoms with Crippen LogP contribution >= 0.6 is 15.9 Å². The Labute approximate surface area is 109 Å². The number of aliphatic hydroxyl groups excluding tert-OH is 1. The summed E-state index contributed by atoms with van der Waals surface area (Å²) in [7, 11) is 0. The molecular formula is C12H15BrN2O2. The van der Waals surface area contributed by atoms with Gasteiger partial charge in [-0.2, -0.15) is 0 Å². The fraction of sp³-hybridized carbons (Fsp3) is 0.417. The van der Waals surface area contributed by atoms with Gasteiger partial charge >= 0.3 is 0 Å². The van der Waals surface area contributed by atoms with Gasteiger partial charge < -0.3 is 15.7 Å². The number of aliphatic hydroxyl groups is 1. The lowest BCUT2D eigenvalue weighted by Crippen LogP contribution is -2.32. The second-order valence-electron chi connectivity index (χ2n) is 4.84. The van der Waals surface area contributed by atoms with E-state index in [1.54, 1.807) is 0 Å². The van der Waals surface area contributed by atoms with Crippen LogP contribution in [0.2, 0.25) is 0 Å². The SMILES string of the molecule is CC1(C)CC(=O)Nc2c(ccc(Br)c2CO)N1. The standard InChI is InChI=1S/C12H15BrN2O2/c1-12(2)5-10(17)14-11-7(6-16)8(13)3-4-9(11)15-12/h3-4,15-16H,5-6H2,1-2H3,(H,14,17).